The van der Waals surface area contributed by atoms with Crippen molar-refractivity contribution in [2.24, 2.45) is 0 Å². The zero-order chi connectivity index (χ0) is 19.2. The quantitative estimate of drug-likeness (QED) is 0.820. The fourth-order valence-electron chi connectivity index (χ4n) is 3.59. The molecule has 1 amide bonds. The number of piperazine rings is 1. The summed E-state index contributed by atoms with van der Waals surface area (Å²) >= 11 is 0. The van der Waals surface area contributed by atoms with E-state index < -0.39 is 0 Å². The first-order valence-electron chi connectivity index (χ1n) is 9.79. The molecule has 2 N–H and O–H groups in total. The third-order valence-electron chi connectivity index (χ3n) is 5.45. The molecule has 144 valence electrons. The van der Waals surface area contributed by atoms with Gasteiger partial charge in [0.05, 0.1) is 26.2 Å². The van der Waals surface area contributed by atoms with Crippen LogP contribution in [0.1, 0.15) is 31.7 Å². The number of nitrogens with one attached hydrogen (secondary N) is 2. The van der Waals surface area contributed by atoms with E-state index in [1.54, 1.807) is 0 Å². The highest BCUT2D eigenvalue weighted by Crippen LogP contribution is 2.26. The second kappa shape index (κ2) is 9.00. The molecule has 0 bridgehead atoms. The monoisotopic (exact) mass is 370 g/mol. The summed E-state index contributed by atoms with van der Waals surface area (Å²) in [6, 6.07) is 14.7. The summed E-state index contributed by atoms with van der Waals surface area (Å²) in [4.78, 5) is 16.1. The van der Waals surface area contributed by atoms with E-state index in [1.807, 2.05) is 30.3 Å². The van der Waals surface area contributed by atoms with Crippen LogP contribution in [0.15, 0.2) is 48.5 Å². The van der Waals surface area contributed by atoms with Crippen LogP contribution in [-0.2, 0) is 4.79 Å². The van der Waals surface area contributed by atoms with Crippen molar-refractivity contribution in [3.05, 3.63) is 59.9 Å². The van der Waals surface area contributed by atoms with E-state index in [4.69, 9.17) is 0 Å². The molecule has 0 saturated carbocycles. The molecule has 3 rings (SSSR count). The van der Waals surface area contributed by atoms with E-state index in [0.717, 1.165) is 44.0 Å². The minimum absolute atomic E-state index is 0.0657. The van der Waals surface area contributed by atoms with Crippen LogP contribution >= 0.6 is 0 Å². The van der Waals surface area contributed by atoms with Crippen molar-refractivity contribution in [1.82, 2.24) is 0 Å². The molecule has 4 nitrogen and oxygen atoms in total. The summed E-state index contributed by atoms with van der Waals surface area (Å²) < 4.78 is 13.1. The average molecular weight is 370 g/mol. The maximum absolute atomic E-state index is 13.1. The average Bonchev–Trinajstić information content (AvgIpc) is 2.69. The van der Waals surface area contributed by atoms with Crippen molar-refractivity contribution in [3.8, 4) is 0 Å². The van der Waals surface area contributed by atoms with Crippen molar-refractivity contribution in [1.29, 1.82) is 0 Å². The number of amides is 1. The highest BCUT2D eigenvalue weighted by Gasteiger charge is 2.23. The van der Waals surface area contributed by atoms with E-state index >= 15 is 0 Å². The third-order valence-corrected chi connectivity index (χ3v) is 5.45. The van der Waals surface area contributed by atoms with Gasteiger partial charge in [0.1, 0.15) is 5.82 Å². The van der Waals surface area contributed by atoms with E-state index in [0.29, 0.717) is 12.5 Å². The molecule has 2 aromatic carbocycles. The number of carbonyl (C=O) groups excluding carboxylic acids is 1. The van der Waals surface area contributed by atoms with Crippen LogP contribution in [0.25, 0.3) is 0 Å². The molecular formula is C22H29FN3O+. The molecule has 0 spiro atoms. The fraction of sp³-hybridized carbons (Fsp3) is 0.409. The Morgan fingerprint density at radius 1 is 1.15 bits per heavy atom. The molecule has 1 fully saturated rings. The van der Waals surface area contributed by atoms with Gasteiger partial charge in [-0.25, -0.2) is 4.39 Å². The fourth-order valence-corrected chi connectivity index (χ4v) is 3.59. The van der Waals surface area contributed by atoms with Gasteiger partial charge in [-0.05, 0) is 48.2 Å². The number of nitrogens with zero attached hydrogens (tertiary/aromatic N) is 1. The number of hydrogen-bond donors (Lipinski definition) is 2. The largest absolute Gasteiger partial charge is 0.360 e. The summed E-state index contributed by atoms with van der Waals surface area (Å²) in [6.07, 6.45) is 1.05. The lowest BCUT2D eigenvalue weighted by Crippen LogP contribution is -3.15. The van der Waals surface area contributed by atoms with E-state index in [2.05, 4.69) is 30.1 Å². The van der Waals surface area contributed by atoms with Gasteiger partial charge in [-0.2, -0.15) is 0 Å². The molecule has 0 radical (unpaired) electrons. The Morgan fingerprint density at radius 2 is 1.81 bits per heavy atom. The zero-order valence-electron chi connectivity index (χ0n) is 16.2. The Hall–Kier alpha value is -2.40. The Balaban J connectivity index is 1.52. The molecule has 2 aromatic rings. The van der Waals surface area contributed by atoms with Gasteiger partial charge >= 0.3 is 0 Å². The SMILES string of the molecule is CC[C@@H](C)c1ccccc1NC(=O)C[NH+]1CCN(c2ccc(F)cc2)CC1. The molecule has 1 aliphatic heterocycles. The van der Waals surface area contributed by atoms with Crippen LogP contribution in [-0.4, -0.2) is 38.6 Å². The summed E-state index contributed by atoms with van der Waals surface area (Å²) in [6.45, 7) is 8.37. The zero-order valence-corrected chi connectivity index (χ0v) is 16.2. The minimum atomic E-state index is -0.211. The number of halogens is 1. The lowest BCUT2D eigenvalue weighted by molar-refractivity contribution is -0.892. The number of quaternary nitrogens is 1. The second-order valence-corrected chi connectivity index (χ2v) is 7.33. The number of anilines is 2. The van der Waals surface area contributed by atoms with Crippen molar-refractivity contribution in [3.63, 3.8) is 0 Å². The van der Waals surface area contributed by atoms with Gasteiger partial charge in [-0.3, -0.25) is 4.79 Å². The molecule has 0 aromatic heterocycles. The Morgan fingerprint density at radius 3 is 2.48 bits per heavy atom. The summed E-state index contributed by atoms with van der Waals surface area (Å²) in [5.41, 5.74) is 3.17. The van der Waals surface area contributed by atoms with Crippen LogP contribution in [0.4, 0.5) is 15.8 Å². The van der Waals surface area contributed by atoms with E-state index in [-0.39, 0.29) is 11.7 Å². The first-order chi connectivity index (χ1) is 13.1. The van der Waals surface area contributed by atoms with Crippen molar-refractivity contribution >= 4 is 17.3 Å². The first-order valence-corrected chi connectivity index (χ1v) is 9.79. The van der Waals surface area contributed by atoms with Crippen LogP contribution in [0, 0.1) is 5.82 Å². The Kier molecular flexibility index (Phi) is 6.45. The van der Waals surface area contributed by atoms with Crippen LogP contribution in [0.2, 0.25) is 0 Å². The second-order valence-electron chi connectivity index (χ2n) is 7.33. The van der Waals surface area contributed by atoms with Gasteiger partial charge in [-0.15, -0.1) is 0 Å². The lowest BCUT2D eigenvalue weighted by atomic mass is 9.97. The minimum Gasteiger partial charge on any atom is -0.360 e. The van der Waals surface area contributed by atoms with Crippen molar-refractivity contribution in [2.45, 2.75) is 26.2 Å². The van der Waals surface area contributed by atoms with Crippen molar-refractivity contribution < 1.29 is 14.1 Å². The number of carbonyl (C=O) groups is 1. The van der Waals surface area contributed by atoms with Crippen LogP contribution < -0.4 is 15.1 Å². The molecule has 1 aliphatic rings. The first kappa shape index (κ1) is 19.4. The predicted molar refractivity (Wildman–Crippen MR) is 108 cm³/mol. The number of hydrogen-bond acceptors (Lipinski definition) is 2. The standard InChI is InChI=1S/C22H28FN3O/c1-3-17(2)20-6-4-5-7-21(20)24-22(27)16-25-12-14-26(15-13-25)19-10-8-18(23)9-11-19/h4-11,17H,3,12-16H2,1-2H3,(H,24,27)/p+1/t17-/m1/s1. The maximum Gasteiger partial charge on any atom is 0.279 e. The van der Waals surface area contributed by atoms with Crippen LogP contribution in [0.5, 0.6) is 0 Å². The highest BCUT2D eigenvalue weighted by molar-refractivity contribution is 5.92. The Bertz CT molecular complexity index is 754. The maximum atomic E-state index is 13.1. The van der Waals surface area contributed by atoms with E-state index in [1.165, 1.54) is 22.6 Å². The summed E-state index contributed by atoms with van der Waals surface area (Å²) in [7, 11) is 0. The van der Waals surface area contributed by atoms with Crippen LogP contribution in [0.3, 0.4) is 0 Å². The van der Waals surface area contributed by atoms with Gasteiger partial charge in [0, 0.05) is 11.4 Å². The molecule has 0 unspecified atom stereocenters. The Labute approximate surface area is 161 Å². The molecule has 1 atom stereocenters. The molecule has 1 heterocycles. The molecule has 27 heavy (non-hydrogen) atoms. The normalized spacial score (nSPS) is 16.2. The number of para-hydroxylation sites is 1. The van der Waals surface area contributed by atoms with Gasteiger partial charge in [0.15, 0.2) is 6.54 Å². The van der Waals surface area contributed by atoms with Gasteiger partial charge < -0.3 is 15.1 Å². The van der Waals surface area contributed by atoms with Gasteiger partial charge in [0.2, 0.25) is 0 Å². The smallest absolute Gasteiger partial charge is 0.279 e. The van der Waals surface area contributed by atoms with E-state index in [9.17, 15) is 9.18 Å². The van der Waals surface area contributed by atoms with Crippen molar-refractivity contribution in [2.75, 3.05) is 42.9 Å². The molecule has 5 heteroatoms. The third kappa shape index (κ3) is 5.07. The molecular weight excluding hydrogens is 341 g/mol. The topological polar surface area (TPSA) is 36.8 Å². The summed E-state index contributed by atoms with van der Waals surface area (Å²) in [5.74, 6) is 0.279. The van der Waals surface area contributed by atoms with Gasteiger partial charge in [-0.1, -0.05) is 32.0 Å². The molecule has 0 aliphatic carbocycles. The summed E-state index contributed by atoms with van der Waals surface area (Å²) in [5, 5.41) is 3.11. The highest BCUT2D eigenvalue weighted by atomic mass is 19.1. The number of benzene rings is 2. The number of rotatable bonds is 6. The lowest BCUT2D eigenvalue weighted by Gasteiger charge is -2.33. The van der Waals surface area contributed by atoms with Gasteiger partial charge in [0.25, 0.3) is 5.91 Å². The predicted octanol–water partition coefficient (Wildman–Crippen LogP) is 2.68. The molecule has 1 saturated heterocycles.